The van der Waals surface area contributed by atoms with Gasteiger partial charge < -0.3 is 0 Å². The molecule has 4 aromatic carbocycles. The van der Waals surface area contributed by atoms with E-state index >= 15 is 0 Å². The van der Waals surface area contributed by atoms with Gasteiger partial charge in [-0.05, 0) is 80.6 Å². The molecule has 35 heavy (non-hydrogen) atoms. The zero-order valence-corrected chi connectivity index (χ0v) is 21.4. The summed E-state index contributed by atoms with van der Waals surface area (Å²) in [5.41, 5.74) is 14.8. The van der Waals surface area contributed by atoms with Crippen molar-refractivity contribution in [1.82, 2.24) is 0 Å². The van der Waals surface area contributed by atoms with Crippen molar-refractivity contribution in [3.63, 3.8) is 0 Å². The van der Waals surface area contributed by atoms with Gasteiger partial charge in [0, 0.05) is 15.4 Å². The van der Waals surface area contributed by atoms with E-state index in [1.165, 1.54) is 52.6 Å². The summed E-state index contributed by atoms with van der Waals surface area (Å²) in [4.78, 5) is 0. The highest BCUT2D eigenvalue weighted by atomic mass is 28.2. The van der Waals surface area contributed by atoms with Crippen LogP contribution in [-0.2, 0) is 0 Å². The maximum atomic E-state index is 2.52. The summed E-state index contributed by atoms with van der Waals surface area (Å²) >= 11 is 0. The predicted octanol–water partition coefficient (Wildman–Crippen LogP) is 8.56. The van der Waals surface area contributed by atoms with Crippen LogP contribution in [0.3, 0.4) is 0 Å². The fourth-order valence-corrected chi connectivity index (χ4v) is 9.91. The molecule has 7 rings (SSSR count). The lowest BCUT2D eigenvalue weighted by molar-refractivity contribution is 0.677. The molecule has 0 N–H and O–H groups in total. The molecular weight excluding hydrogens is 436 g/mol. The standard InChI is InChI=1S/C34H30Si/c1-3-9-23(10-4-1)26-15-17-28-29-18-16-27(24-11-5-2-6-12-24)22-31(29)34(30(28)21-26)33-20-19-32(35-33)25-13-7-8-14-25/h1-13,15-18,21-22,32-34H,14,19-20,35H2. The van der Waals surface area contributed by atoms with Gasteiger partial charge in [0.25, 0.3) is 0 Å². The number of rotatable bonds is 4. The fourth-order valence-electron chi connectivity index (χ4n) is 6.85. The fraction of sp³-hybridized carbons (Fsp3) is 0.176. The van der Waals surface area contributed by atoms with E-state index in [0.717, 1.165) is 11.1 Å². The average molecular weight is 467 g/mol. The maximum Gasteiger partial charge on any atom is 0.0327 e. The Morgan fingerprint density at radius 3 is 1.74 bits per heavy atom. The average Bonchev–Trinajstić information content (AvgIpc) is 3.68. The van der Waals surface area contributed by atoms with Gasteiger partial charge >= 0.3 is 0 Å². The minimum Gasteiger partial charge on any atom is -0.0805 e. The molecule has 1 fully saturated rings. The van der Waals surface area contributed by atoms with Gasteiger partial charge in [-0.15, -0.1) is 0 Å². The highest BCUT2D eigenvalue weighted by molar-refractivity contribution is 6.42. The summed E-state index contributed by atoms with van der Waals surface area (Å²) in [5, 5.41) is 0. The first-order valence-electron chi connectivity index (χ1n) is 13.1. The van der Waals surface area contributed by atoms with Gasteiger partial charge in [-0.1, -0.05) is 115 Å². The number of fused-ring (bicyclic) bond motifs is 3. The molecule has 0 nitrogen and oxygen atoms in total. The minimum absolute atomic E-state index is 0.225. The maximum absolute atomic E-state index is 2.52. The van der Waals surface area contributed by atoms with E-state index in [0.29, 0.717) is 5.92 Å². The molecule has 0 spiro atoms. The van der Waals surface area contributed by atoms with Crippen LogP contribution in [0.2, 0.25) is 11.1 Å². The molecule has 1 heterocycles. The molecule has 0 aromatic heterocycles. The van der Waals surface area contributed by atoms with Gasteiger partial charge in [0.05, 0.1) is 0 Å². The Morgan fingerprint density at radius 1 is 0.600 bits per heavy atom. The Labute approximate surface area is 210 Å². The Morgan fingerprint density at radius 2 is 1.20 bits per heavy atom. The van der Waals surface area contributed by atoms with Crippen LogP contribution >= 0.6 is 0 Å². The van der Waals surface area contributed by atoms with E-state index in [4.69, 9.17) is 0 Å². The second-order valence-electron chi connectivity index (χ2n) is 10.5. The summed E-state index contributed by atoms with van der Waals surface area (Å²) < 4.78 is 0. The second-order valence-corrected chi connectivity index (χ2v) is 13.0. The van der Waals surface area contributed by atoms with Crippen molar-refractivity contribution in [2.75, 3.05) is 0 Å². The molecule has 1 aliphatic heterocycles. The first-order chi connectivity index (χ1) is 17.3. The van der Waals surface area contributed by atoms with E-state index in [-0.39, 0.29) is 9.52 Å². The van der Waals surface area contributed by atoms with Crippen molar-refractivity contribution in [3.8, 4) is 33.4 Å². The van der Waals surface area contributed by atoms with Gasteiger partial charge in [-0.3, -0.25) is 0 Å². The van der Waals surface area contributed by atoms with Crippen LogP contribution in [0.15, 0.2) is 121 Å². The molecule has 2 unspecified atom stereocenters. The highest BCUT2D eigenvalue weighted by Gasteiger charge is 2.39. The molecule has 0 bridgehead atoms. The highest BCUT2D eigenvalue weighted by Crippen LogP contribution is 2.56. The number of hydrogen-bond donors (Lipinski definition) is 0. The van der Waals surface area contributed by atoms with Crippen LogP contribution in [0, 0.1) is 0 Å². The van der Waals surface area contributed by atoms with Gasteiger partial charge in [-0.25, -0.2) is 0 Å². The second kappa shape index (κ2) is 8.66. The topological polar surface area (TPSA) is 0 Å². The first-order valence-corrected chi connectivity index (χ1v) is 14.7. The zero-order chi connectivity index (χ0) is 23.2. The van der Waals surface area contributed by atoms with Crippen LogP contribution in [-0.4, -0.2) is 9.52 Å². The molecule has 3 aliphatic rings. The molecule has 0 saturated carbocycles. The summed E-state index contributed by atoms with van der Waals surface area (Å²) in [6, 6.07) is 36.3. The molecular formula is C34H30Si. The van der Waals surface area contributed by atoms with E-state index in [9.17, 15) is 0 Å². The molecule has 170 valence electrons. The van der Waals surface area contributed by atoms with E-state index in [2.05, 4.69) is 115 Å². The van der Waals surface area contributed by atoms with Crippen LogP contribution in [0.1, 0.15) is 36.3 Å². The third-order valence-electron chi connectivity index (χ3n) is 8.55. The first kappa shape index (κ1) is 20.9. The van der Waals surface area contributed by atoms with Crippen LogP contribution < -0.4 is 0 Å². The minimum atomic E-state index is -0.225. The monoisotopic (exact) mass is 466 g/mol. The molecule has 2 atom stereocenters. The van der Waals surface area contributed by atoms with Crippen LogP contribution in [0.5, 0.6) is 0 Å². The molecule has 0 amide bonds. The van der Waals surface area contributed by atoms with Crippen molar-refractivity contribution in [2.45, 2.75) is 36.3 Å². The lowest BCUT2D eigenvalue weighted by atomic mass is 9.88. The normalized spacial score (nSPS) is 21.3. The molecule has 2 aliphatic carbocycles. The molecule has 1 saturated heterocycles. The largest absolute Gasteiger partial charge is 0.0805 e. The predicted molar refractivity (Wildman–Crippen MR) is 152 cm³/mol. The van der Waals surface area contributed by atoms with Crippen molar-refractivity contribution in [3.05, 3.63) is 132 Å². The Hall–Kier alpha value is -3.42. The zero-order valence-electron chi connectivity index (χ0n) is 20.0. The van der Waals surface area contributed by atoms with Crippen LogP contribution in [0.4, 0.5) is 0 Å². The Balaban J connectivity index is 1.33. The van der Waals surface area contributed by atoms with Gasteiger partial charge in [0.1, 0.15) is 0 Å². The van der Waals surface area contributed by atoms with Gasteiger partial charge in [-0.2, -0.15) is 0 Å². The summed E-state index contributed by atoms with van der Waals surface area (Å²) in [6.07, 6.45) is 11.0. The molecule has 4 aromatic rings. The SMILES string of the molecule is C1=CCC(C2CCC(C3c4cc(-c5ccccc5)ccc4-c4ccc(-c5ccccc5)cc43)[SiH2]2)=C1. The number of benzene rings is 4. The summed E-state index contributed by atoms with van der Waals surface area (Å²) in [7, 11) is -0.225. The van der Waals surface area contributed by atoms with Crippen molar-refractivity contribution in [1.29, 1.82) is 0 Å². The van der Waals surface area contributed by atoms with E-state index < -0.39 is 0 Å². The third-order valence-corrected chi connectivity index (χ3v) is 11.5. The summed E-state index contributed by atoms with van der Waals surface area (Å²) in [6.45, 7) is 0. The van der Waals surface area contributed by atoms with Crippen LogP contribution in [0.25, 0.3) is 33.4 Å². The number of hydrogen-bond acceptors (Lipinski definition) is 0. The van der Waals surface area contributed by atoms with Crippen molar-refractivity contribution in [2.24, 2.45) is 0 Å². The molecule has 1 heteroatoms. The lowest BCUT2D eigenvalue weighted by Crippen LogP contribution is -2.11. The quantitative estimate of drug-likeness (QED) is 0.264. The smallest absolute Gasteiger partial charge is 0.0327 e. The summed E-state index contributed by atoms with van der Waals surface area (Å²) in [5.74, 6) is 0.541. The number of allylic oxidation sites excluding steroid dienone is 4. The van der Waals surface area contributed by atoms with Crippen molar-refractivity contribution >= 4 is 9.52 Å². The Bertz CT molecular complexity index is 1360. The van der Waals surface area contributed by atoms with Crippen molar-refractivity contribution < 1.29 is 0 Å². The van der Waals surface area contributed by atoms with Gasteiger partial charge in [0.15, 0.2) is 0 Å². The third kappa shape index (κ3) is 3.66. The van der Waals surface area contributed by atoms with E-state index in [1.807, 2.05) is 0 Å². The van der Waals surface area contributed by atoms with Gasteiger partial charge in [0.2, 0.25) is 0 Å². The molecule has 0 radical (unpaired) electrons. The Kier molecular flexibility index (Phi) is 5.17. The van der Waals surface area contributed by atoms with E-state index in [1.54, 1.807) is 16.7 Å². The lowest BCUT2D eigenvalue weighted by Gasteiger charge is -2.23.